The first-order valence-corrected chi connectivity index (χ1v) is 6.71. The van der Waals surface area contributed by atoms with E-state index in [-0.39, 0.29) is 12.5 Å². The molecule has 0 aliphatic heterocycles. The third-order valence-corrected chi connectivity index (χ3v) is 3.40. The molecule has 1 atom stereocenters. The fourth-order valence-corrected chi connectivity index (χ4v) is 2.39. The molecule has 0 fully saturated rings. The van der Waals surface area contributed by atoms with Crippen LogP contribution < -0.4 is 5.32 Å². The van der Waals surface area contributed by atoms with Gasteiger partial charge in [0.2, 0.25) is 0 Å². The van der Waals surface area contributed by atoms with Gasteiger partial charge < -0.3 is 14.8 Å². The average Bonchev–Trinajstić information content (AvgIpc) is 3.04. The Balaban J connectivity index is 1.93. The van der Waals surface area contributed by atoms with Crippen molar-refractivity contribution in [3.05, 3.63) is 46.0 Å². The number of thiophene rings is 1. The Morgan fingerprint density at radius 1 is 1.56 bits per heavy atom. The number of carbonyl (C=O) groups excluding carboxylic acids is 1. The molecule has 0 saturated heterocycles. The van der Waals surface area contributed by atoms with Gasteiger partial charge in [0.05, 0.1) is 17.9 Å². The van der Waals surface area contributed by atoms with Crippen LogP contribution in [0.25, 0.3) is 0 Å². The van der Waals surface area contributed by atoms with Gasteiger partial charge in [-0.15, -0.1) is 0 Å². The monoisotopic (exact) mass is 265 g/mol. The van der Waals surface area contributed by atoms with Gasteiger partial charge in [-0.2, -0.15) is 11.3 Å². The standard InChI is InChI=1S/C13H15NO3S/c1-2-12-10(3-5-17-12)13(16)14-7-11(15)9-4-6-18-8-9/h3-6,8,11,15H,2,7H2,1H3,(H,14,16). The highest BCUT2D eigenvalue weighted by Crippen LogP contribution is 2.16. The van der Waals surface area contributed by atoms with Crippen LogP contribution in [-0.4, -0.2) is 17.6 Å². The second kappa shape index (κ2) is 5.84. The zero-order valence-corrected chi connectivity index (χ0v) is 10.9. The van der Waals surface area contributed by atoms with Gasteiger partial charge in [-0.1, -0.05) is 6.92 Å². The molecule has 0 radical (unpaired) electrons. The summed E-state index contributed by atoms with van der Waals surface area (Å²) < 4.78 is 5.19. The Bertz CT molecular complexity index is 504. The smallest absolute Gasteiger partial charge is 0.254 e. The van der Waals surface area contributed by atoms with Crippen LogP contribution in [0, 0.1) is 0 Å². The number of amides is 1. The van der Waals surface area contributed by atoms with E-state index in [0.717, 1.165) is 5.56 Å². The van der Waals surface area contributed by atoms with Crippen molar-refractivity contribution in [1.82, 2.24) is 5.32 Å². The number of furan rings is 1. The fraction of sp³-hybridized carbons (Fsp3) is 0.308. The summed E-state index contributed by atoms with van der Waals surface area (Å²) in [6.45, 7) is 2.12. The van der Waals surface area contributed by atoms with E-state index in [0.29, 0.717) is 17.7 Å². The summed E-state index contributed by atoms with van der Waals surface area (Å²) in [5.41, 5.74) is 1.36. The van der Waals surface area contributed by atoms with Crippen LogP contribution in [0.4, 0.5) is 0 Å². The number of nitrogens with one attached hydrogen (secondary N) is 1. The molecule has 18 heavy (non-hydrogen) atoms. The second-order valence-electron chi connectivity index (χ2n) is 3.89. The fourth-order valence-electron chi connectivity index (χ4n) is 1.68. The van der Waals surface area contributed by atoms with Gasteiger partial charge in [0.1, 0.15) is 5.76 Å². The van der Waals surface area contributed by atoms with E-state index >= 15 is 0 Å². The van der Waals surface area contributed by atoms with Gasteiger partial charge in [-0.3, -0.25) is 4.79 Å². The van der Waals surface area contributed by atoms with Crippen molar-refractivity contribution in [1.29, 1.82) is 0 Å². The van der Waals surface area contributed by atoms with Crippen molar-refractivity contribution in [2.24, 2.45) is 0 Å². The lowest BCUT2D eigenvalue weighted by Crippen LogP contribution is -2.28. The van der Waals surface area contributed by atoms with Crippen molar-refractivity contribution in [3.8, 4) is 0 Å². The number of hydrogen-bond acceptors (Lipinski definition) is 4. The van der Waals surface area contributed by atoms with Crippen molar-refractivity contribution in [3.63, 3.8) is 0 Å². The Kier molecular flexibility index (Phi) is 4.17. The molecule has 4 nitrogen and oxygen atoms in total. The third kappa shape index (κ3) is 2.80. The third-order valence-electron chi connectivity index (χ3n) is 2.70. The van der Waals surface area contributed by atoms with Gasteiger partial charge in [0.15, 0.2) is 0 Å². The molecule has 1 unspecified atom stereocenters. The van der Waals surface area contributed by atoms with Crippen LogP contribution >= 0.6 is 11.3 Å². The van der Waals surface area contributed by atoms with Gasteiger partial charge in [-0.25, -0.2) is 0 Å². The minimum Gasteiger partial charge on any atom is -0.469 e. The lowest BCUT2D eigenvalue weighted by atomic mass is 10.1. The number of aliphatic hydroxyl groups is 1. The zero-order chi connectivity index (χ0) is 13.0. The minimum absolute atomic E-state index is 0.198. The van der Waals surface area contributed by atoms with Crippen molar-refractivity contribution in [2.45, 2.75) is 19.4 Å². The molecule has 0 aliphatic rings. The van der Waals surface area contributed by atoms with Crippen LogP contribution in [0.15, 0.2) is 33.6 Å². The predicted octanol–water partition coefficient (Wildman–Crippen LogP) is 2.37. The quantitative estimate of drug-likeness (QED) is 0.872. The maximum atomic E-state index is 11.9. The molecule has 2 N–H and O–H groups in total. The molecule has 0 saturated carbocycles. The van der Waals surface area contributed by atoms with E-state index in [9.17, 15) is 9.90 Å². The van der Waals surface area contributed by atoms with Crippen LogP contribution in [-0.2, 0) is 6.42 Å². The molecule has 2 aromatic heterocycles. The van der Waals surface area contributed by atoms with Gasteiger partial charge in [0, 0.05) is 13.0 Å². The van der Waals surface area contributed by atoms with Gasteiger partial charge in [-0.05, 0) is 28.5 Å². The lowest BCUT2D eigenvalue weighted by molar-refractivity contribution is 0.0914. The minimum atomic E-state index is -0.669. The number of rotatable bonds is 5. The summed E-state index contributed by atoms with van der Waals surface area (Å²) in [6.07, 6.45) is 1.50. The van der Waals surface area contributed by atoms with E-state index < -0.39 is 6.10 Å². The summed E-state index contributed by atoms with van der Waals surface area (Å²) in [4.78, 5) is 11.9. The summed E-state index contributed by atoms with van der Waals surface area (Å²) in [5, 5.41) is 16.3. The molecule has 5 heteroatoms. The first kappa shape index (κ1) is 12.9. The van der Waals surface area contributed by atoms with Crippen molar-refractivity contribution < 1.29 is 14.3 Å². The Morgan fingerprint density at radius 2 is 2.39 bits per heavy atom. The van der Waals surface area contributed by atoms with Crippen LogP contribution in [0.1, 0.15) is 34.7 Å². The Hall–Kier alpha value is -1.59. The average molecular weight is 265 g/mol. The molecule has 0 aromatic carbocycles. The number of aryl methyl sites for hydroxylation is 1. The zero-order valence-electron chi connectivity index (χ0n) is 10.1. The van der Waals surface area contributed by atoms with E-state index in [2.05, 4.69) is 5.32 Å². The molecule has 2 aromatic rings. The lowest BCUT2D eigenvalue weighted by Gasteiger charge is -2.10. The molecule has 96 valence electrons. The molecule has 0 spiro atoms. The molecular formula is C13H15NO3S. The highest BCUT2D eigenvalue weighted by molar-refractivity contribution is 7.07. The first-order valence-electron chi connectivity index (χ1n) is 5.77. The maximum Gasteiger partial charge on any atom is 0.254 e. The number of hydrogen-bond donors (Lipinski definition) is 2. The number of carbonyl (C=O) groups is 1. The Labute approximate surface area is 109 Å². The van der Waals surface area contributed by atoms with Crippen LogP contribution in [0.5, 0.6) is 0 Å². The second-order valence-corrected chi connectivity index (χ2v) is 4.67. The van der Waals surface area contributed by atoms with Crippen LogP contribution in [0.3, 0.4) is 0 Å². The van der Waals surface area contributed by atoms with Crippen molar-refractivity contribution in [2.75, 3.05) is 6.54 Å². The topological polar surface area (TPSA) is 62.5 Å². The maximum absolute atomic E-state index is 11.9. The molecule has 1 amide bonds. The van der Waals surface area contributed by atoms with E-state index in [1.165, 1.54) is 17.6 Å². The molecule has 2 heterocycles. The van der Waals surface area contributed by atoms with E-state index in [1.807, 2.05) is 23.8 Å². The largest absolute Gasteiger partial charge is 0.469 e. The molecular weight excluding hydrogens is 250 g/mol. The van der Waals surface area contributed by atoms with Gasteiger partial charge in [0.25, 0.3) is 5.91 Å². The highest BCUT2D eigenvalue weighted by Gasteiger charge is 2.15. The molecule has 2 rings (SSSR count). The molecule has 0 bridgehead atoms. The van der Waals surface area contributed by atoms with E-state index in [1.54, 1.807) is 6.07 Å². The summed E-state index contributed by atoms with van der Waals surface area (Å²) in [7, 11) is 0. The number of aliphatic hydroxyl groups excluding tert-OH is 1. The summed E-state index contributed by atoms with van der Waals surface area (Å²) >= 11 is 1.52. The van der Waals surface area contributed by atoms with Crippen molar-refractivity contribution >= 4 is 17.2 Å². The first-order chi connectivity index (χ1) is 8.72. The predicted molar refractivity (Wildman–Crippen MR) is 69.7 cm³/mol. The normalized spacial score (nSPS) is 12.3. The van der Waals surface area contributed by atoms with E-state index in [4.69, 9.17) is 4.42 Å². The van der Waals surface area contributed by atoms with Crippen LogP contribution in [0.2, 0.25) is 0 Å². The SMILES string of the molecule is CCc1occc1C(=O)NCC(O)c1ccsc1. The molecule has 0 aliphatic carbocycles. The summed E-state index contributed by atoms with van der Waals surface area (Å²) in [5.74, 6) is 0.451. The summed E-state index contributed by atoms with van der Waals surface area (Å²) in [6, 6.07) is 3.49. The highest BCUT2D eigenvalue weighted by atomic mass is 32.1. The Morgan fingerprint density at radius 3 is 3.06 bits per heavy atom. The van der Waals surface area contributed by atoms with Gasteiger partial charge >= 0.3 is 0 Å².